The van der Waals surface area contributed by atoms with Crippen LogP contribution in [-0.4, -0.2) is 0 Å². The highest BCUT2D eigenvalue weighted by molar-refractivity contribution is 6.37. The largest absolute Gasteiger partial charge is 0.0881 e. The molecule has 0 saturated carbocycles. The number of rotatable bonds is 2. The van der Waals surface area contributed by atoms with Crippen molar-refractivity contribution in [2.75, 3.05) is 0 Å². The minimum atomic E-state index is 0.844. The molecule has 2 aromatic carbocycles. The van der Waals surface area contributed by atoms with Crippen LogP contribution in [0.15, 0.2) is 59.6 Å². The van der Waals surface area contributed by atoms with Crippen LogP contribution in [0.4, 0.5) is 0 Å². The van der Waals surface area contributed by atoms with Gasteiger partial charge in [0.25, 0.3) is 0 Å². The van der Waals surface area contributed by atoms with E-state index in [9.17, 15) is 0 Å². The number of hydrogen-bond acceptors (Lipinski definition) is 0. The van der Waals surface area contributed by atoms with Gasteiger partial charge in [-0.15, -0.1) is 0 Å². The molecule has 0 spiro atoms. The van der Waals surface area contributed by atoms with E-state index < -0.39 is 0 Å². The number of allylic oxidation sites excluding steroid dienone is 4. The third-order valence-corrected chi connectivity index (χ3v) is 4.17. The second-order valence-electron chi connectivity index (χ2n) is 5.51. The molecule has 0 N–H and O–H groups in total. The number of hydrogen-bond donors (Lipinski definition) is 0. The first kappa shape index (κ1) is 14.2. The van der Waals surface area contributed by atoms with Gasteiger partial charge in [-0.3, -0.25) is 0 Å². The summed E-state index contributed by atoms with van der Waals surface area (Å²) in [5, 5.41) is 0.844. The van der Waals surface area contributed by atoms with Crippen LogP contribution in [-0.2, 0) is 0 Å². The first-order valence-corrected chi connectivity index (χ1v) is 7.60. The zero-order valence-electron chi connectivity index (χ0n) is 12.4. The van der Waals surface area contributed by atoms with Gasteiger partial charge in [-0.05, 0) is 37.0 Å². The van der Waals surface area contributed by atoms with Crippen molar-refractivity contribution in [2.24, 2.45) is 0 Å². The van der Waals surface area contributed by atoms with Crippen molar-refractivity contribution < 1.29 is 0 Å². The fourth-order valence-electron chi connectivity index (χ4n) is 2.62. The lowest BCUT2D eigenvalue weighted by atomic mass is 9.87. The van der Waals surface area contributed by atoms with Crippen molar-refractivity contribution in [3.63, 3.8) is 0 Å². The van der Waals surface area contributed by atoms with Crippen molar-refractivity contribution in [1.82, 2.24) is 0 Å². The molecule has 0 aromatic heterocycles. The van der Waals surface area contributed by atoms with Gasteiger partial charge in [-0.2, -0.15) is 0 Å². The van der Waals surface area contributed by atoms with Crippen LogP contribution in [0.25, 0.3) is 11.1 Å². The minimum Gasteiger partial charge on any atom is -0.0881 e. The van der Waals surface area contributed by atoms with E-state index >= 15 is 0 Å². The second kappa shape index (κ2) is 5.91. The standard InChI is InChI=1S/C20H18Cl/c1-14-6-10-16(11-7-14)18-4-3-5-19(21)20(18)17-12-8-15(2)9-13-17/h4-13H,3H2,1-2H3. The highest BCUT2D eigenvalue weighted by Crippen LogP contribution is 2.40. The maximum atomic E-state index is 6.52. The van der Waals surface area contributed by atoms with Crippen LogP contribution in [0.5, 0.6) is 0 Å². The fourth-order valence-corrected chi connectivity index (χ4v) is 2.92. The summed E-state index contributed by atoms with van der Waals surface area (Å²) in [4.78, 5) is 0. The molecule has 105 valence electrons. The Hall–Kier alpha value is -1.79. The Balaban J connectivity index is 2.08. The summed E-state index contributed by atoms with van der Waals surface area (Å²) < 4.78 is 0. The van der Waals surface area contributed by atoms with Crippen molar-refractivity contribution >= 4 is 22.7 Å². The summed E-state index contributed by atoms with van der Waals surface area (Å²) in [5.74, 6) is 0. The summed E-state index contributed by atoms with van der Waals surface area (Å²) in [5.41, 5.74) is 7.29. The van der Waals surface area contributed by atoms with Gasteiger partial charge in [0.05, 0.1) is 0 Å². The number of halogens is 1. The monoisotopic (exact) mass is 293 g/mol. The molecule has 2 aromatic rings. The Bertz CT molecular complexity index is 701. The first-order valence-electron chi connectivity index (χ1n) is 7.23. The van der Waals surface area contributed by atoms with Crippen LogP contribution in [0.1, 0.15) is 28.7 Å². The summed E-state index contributed by atoms with van der Waals surface area (Å²) in [6.45, 7) is 4.21. The second-order valence-corrected chi connectivity index (χ2v) is 5.92. The van der Waals surface area contributed by atoms with Crippen LogP contribution in [0.3, 0.4) is 0 Å². The van der Waals surface area contributed by atoms with Crippen LogP contribution < -0.4 is 0 Å². The molecule has 21 heavy (non-hydrogen) atoms. The molecule has 0 nitrogen and oxygen atoms in total. The molecule has 3 rings (SSSR count). The predicted octanol–water partition coefficient (Wildman–Crippen LogP) is 5.94. The van der Waals surface area contributed by atoms with Crippen molar-refractivity contribution in [2.45, 2.75) is 20.3 Å². The third-order valence-electron chi connectivity index (χ3n) is 3.83. The lowest BCUT2D eigenvalue weighted by Gasteiger charge is -2.20. The molecule has 0 unspecified atom stereocenters. The lowest BCUT2D eigenvalue weighted by molar-refractivity contribution is 1.25. The zero-order chi connectivity index (χ0) is 14.8. The average molecular weight is 294 g/mol. The molecular weight excluding hydrogens is 276 g/mol. The molecule has 1 aliphatic rings. The quantitative estimate of drug-likeness (QED) is 0.642. The molecule has 0 aliphatic heterocycles. The van der Waals surface area contributed by atoms with E-state index in [1.54, 1.807) is 0 Å². The first-order chi connectivity index (χ1) is 10.1. The fraction of sp³-hybridized carbons (Fsp3) is 0.150. The van der Waals surface area contributed by atoms with Gasteiger partial charge in [-0.1, -0.05) is 77.3 Å². The SMILES string of the molecule is Cc1ccc(C2=CC[CH]C(Cl)=C2c2ccc(C)cc2)cc1. The normalized spacial score (nSPS) is 15.1. The van der Waals surface area contributed by atoms with Crippen LogP contribution in [0.2, 0.25) is 0 Å². The molecular formula is C20H18Cl. The molecule has 0 heterocycles. The molecule has 0 fully saturated rings. The Labute approximate surface area is 131 Å². The average Bonchev–Trinajstić information content (AvgIpc) is 2.49. The molecule has 0 bridgehead atoms. The molecule has 1 radical (unpaired) electrons. The zero-order valence-corrected chi connectivity index (χ0v) is 13.1. The van der Waals surface area contributed by atoms with E-state index in [1.807, 2.05) is 0 Å². The highest BCUT2D eigenvalue weighted by atomic mass is 35.5. The molecule has 1 heteroatoms. The molecule has 0 amide bonds. The van der Waals surface area contributed by atoms with Crippen molar-refractivity contribution in [3.05, 3.63) is 88.3 Å². The maximum Gasteiger partial charge on any atom is 0.0306 e. The topological polar surface area (TPSA) is 0 Å². The van der Waals surface area contributed by atoms with Crippen molar-refractivity contribution in [1.29, 1.82) is 0 Å². The van der Waals surface area contributed by atoms with Gasteiger partial charge in [0.2, 0.25) is 0 Å². The number of benzene rings is 2. The van der Waals surface area contributed by atoms with E-state index in [2.05, 4.69) is 74.9 Å². The maximum absolute atomic E-state index is 6.52. The third kappa shape index (κ3) is 2.96. The smallest absolute Gasteiger partial charge is 0.0306 e. The number of aryl methyl sites for hydroxylation is 2. The van der Waals surface area contributed by atoms with Gasteiger partial charge >= 0.3 is 0 Å². The summed E-state index contributed by atoms with van der Waals surface area (Å²) in [6.07, 6.45) is 5.22. The molecule has 0 saturated heterocycles. The summed E-state index contributed by atoms with van der Waals surface area (Å²) in [6, 6.07) is 17.2. The predicted molar refractivity (Wildman–Crippen MR) is 92.0 cm³/mol. The van der Waals surface area contributed by atoms with E-state index in [1.165, 1.54) is 27.8 Å². The highest BCUT2D eigenvalue weighted by Gasteiger charge is 2.18. The summed E-state index contributed by atoms with van der Waals surface area (Å²) >= 11 is 6.52. The van der Waals surface area contributed by atoms with Crippen molar-refractivity contribution in [3.8, 4) is 0 Å². The summed E-state index contributed by atoms with van der Waals surface area (Å²) in [7, 11) is 0. The van der Waals surface area contributed by atoms with E-state index in [-0.39, 0.29) is 0 Å². The Morgan fingerprint density at radius 3 is 1.86 bits per heavy atom. The molecule has 0 atom stereocenters. The van der Waals surface area contributed by atoms with Crippen LogP contribution >= 0.6 is 11.6 Å². The van der Waals surface area contributed by atoms with E-state index in [0.29, 0.717) is 0 Å². The Kier molecular flexibility index (Phi) is 3.98. The molecule has 1 aliphatic carbocycles. The lowest BCUT2D eigenvalue weighted by Crippen LogP contribution is -1.99. The van der Waals surface area contributed by atoms with Gasteiger partial charge in [0, 0.05) is 17.0 Å². The van der Waals surface area contributed by atoms with Gasteiger partial charge in [0.1, 0.15) is 0 Å². The Morgan fingerprint density at radius 1 is 0.762 bits per heavy atom. The van der Waals surface area contributed by atoms with Gasteiger partial charge in [-0.25, -0.2) is 0 Å². The van der Waals surface area contributed by atoms with Gasteiger partial charge in [0.15, 0.2) is 0 Å². The minimum absolute atomic E-state index is 0.844. The van der Waals surface area contributed by atoms with Gasteiger partial charge < -0.3 is 0 Å². The van der Waals surface area contributed by atoms with E-state index in [4.69, 9.17) is 11.6 Å². The van der Waals surface area contributed by atoms with E-state index in [0.717, 1.165) is 17.0 Å². The van der Waals surface area contributed by atoms with Crippen LogP contribution in [0, 0.1) is 20.3 Å². The Morgan fingerprint density at radius 2 is 1.29 bits per heavy atom.